The van der Waals surface area contributed by atoms with E-state index in [1.165, 1.54) is 17.0 Å². The van der Waals surface area contributed by atoms with Crippen molar-refractivity contribution in [2.24, 2.45) is 0 Å². The van der Waals surface area contributed by atoms with Gasteiger partial charge in [0, 0.05) is 25.0 Å². The quantitative estimate of drug-likeness (QED) is 0.328. The third-order valence-corrected chi connectivity index (χ3v) is 6.45. The van der Waals surface area contributed by atoms with E-state index in [4.69, 9.17) is 0 Å². The molecule has 5 rings (SSSR count). The first-order valence-electron chi connectivity index (χ1n) is 12.0. The van der Waals surface area contributed by atoms with Gasteiger partial charge >= 0.3 is 6.18 Å². The highest BCUT2D eigenvalue weighted by Crippen LogP contribution is 2.39. The highest BCUT2D eigenvalue weighted by Gasteiger charge is 2.37. The minimum Gasteiger partial charge on any atom is -0.381 e. The van der Waals surface area contributed by atoms with Crippen LogP contribution in [0.25, 0.3) is 22.3 Å². The number of aryl methyl sites for hydroxylation is 1. The summed E-state index contributed by atoms with van der Waals surface area (Å²) in [6, 6.07) is 2.11. The number of aromatic nitrogens is 6. The van der Waals surface area contributed by atoms with E-state index in [0.717, 1.165) is 30.7 Å². The first kappa shape index (κ1) is 25.5. The molecular formula is C25H23F4N7O2. The second-order valence-corrected chi connectivity index (χ2v) is 9.38. The van der Waals surface area contributed by atoms with Crippen molar-refractivity contribution in [1.29, 1.82) is 0 Å². The van der Waals surface area contributed by atoms with Gasteiger partial charge in [-0.3, -0.25) is 14.2 Å². The summed E-state index contributed by atoms with van der Waals surface area (Å²) < 4.78 is 56.0. The molecule has 0 amide bonds. The number of rotatable bonds is 8. The fourth-order valence-corrected chi connectivity index (χ4v) is 4.31. The molecule has 3 heterocycles. The van der Waals surface area contributed by atoms with Crippen LogP contribution in [0, 0.1) is 5.82 Å². The minimum absolute atomic E-state index is 0.0962. The summed E-state index contributed by atoms with van der Waals surface area (Å²) >= 11 is 0. The maximum Gasteiger partial charge on any atom is 0.423 e. The molecule has 1 saturated carbocycles. The molecule has 3 aromatic heterocycles. The molecule has 0 spiro atoms. The number of nitrogens with zero attached hydrogens (tertiary/aromatic N) is 5. The predicted molar refractivity (Wildman–Crippen MR) is 131 cm³/mol. The molecule has 0 saturated heterocycles. The fourth-order valence-electron chi connectivity index (χ4n) is 4.31. The van der Waals surface area contributed by atoms with Crippen molar-refractivity contribution in [2.75, 3.05) is 5.32 Å². The Bertz CT molecular complexity index is 1600. The molecular weight excluding hydrogens is 506 g/mol. The van der Waals surface area contributed by atoms with Crippen LogP contribution in [0.3, 0.4) is 0 Å². The summed E-state index contributed by atoms with van der Waals surface area (Å²) in [7, 11) is 0. The zero-order chi connectivity index (χ0) is 27.0. The largest absolute Gasteiger partial charge is 0.423 e. The molecule has 0 aliphatic heterocycles. The van der Waals surface area contributed by atoms with E-state index in [2.05, 4.69) is 25.4 Å². The molecule has 0 bridgehead atoms. The Morgan fingerprint density at radius 1 is 1.13 bits per heavy atom. The summed E-state index contributed by atoms with van der Waals surface area (Å²) in [5.41, 5.74) is -2.07. The molecule has 1 unspecified atom stereocenters. The zero-order valence-corrected chi connectivity index (χ0v) is 20.2. The number of alkyl halides is 3. The fraction of sp³-hybridized carbons (Fsp3) is 0.360. The molecule has 13 heteroatoms. The van der Waals surface area contributed by atoms with Gasteiger partial charge in [0.2, 0.25) is 0 Å². The lowest BCUT2D eigenvalue weighted by Crippen LogP contribution is -2.27. The number of anilines is 1. The molecule has 0 radical (unpaired) electrons. The molecule has 4 aromatic rings. The normalized spacial score (nSPS) is 14.6. The third-order valence-electron chi connectivity index (χ3n) is 6.45. The van der Waals surface area contributed by atoms with E-state index < -0.39 is 40.4 Å². The van der Waals surface area contributed by atoms with Crippen molar-refractivity contribution >= 4 is 16.6 Å². The van der Waals surface area contributed by atoms with Gasteiger partial charge in [-0.15, -0.1) is 0 Å². The molecule has 1 aliphatic rings. The second kappa shape index (κ2) is 9.95. The molecule has 1 aromatic carbocycles. The van der Waals surface area contributed by atoms with Crippen LogP contribution in [0.5, 0.6) is 0 Å². The van der Waals surface area contributed by atoms with E-state index in [1.807, 2.05) is 0 Å². The van der Waals surface area contributed by atoms with Crippen LogP contribution in [0.4, 0.5) is 23.2 Å². The Kier molecular flexibility index (Phi) is 6.67. The lowest BCUT2D eigenvalue weighted by atomic mass is 10.1. The van der Waals surface area contributed by atoms with E-state index in [9.17, 15) is 27.2 Å². The Morgan fingerprint density at radius 3 is 2.55 bits per heavy atom. The summed E-state index contributed by atoms with van der Waals surface area (Å²) in [5.74, 6) is 0.0464. The molecule has 38 heavy (non-hydrogen) atoms. The number of benzene rings is 1. The third kappa shape index (κ3) is 5.27. The maximum atomic E-state index is 14.9. The Labute approximate surface area is 213 Å². The van der Waals surface area contributed by atoms with Crippen LogP contribution >= 0.6 is 0 Å². The average Bonchev–Trinajstić information content (AvgIpc) is 3.71. The van der Waals surface area contributed by atoms with Crippen LogP contribution in [-0.2, 0) is 12.7 Å². The van der Waals surface area contributed by atoms with Crippen LogP contribution in [0.15, 0.2) is 46.6 Å². The molecule has 9 nitrogen and oxygen atoms in total. The predicted octanol–water partition coefficient (Wildman–Crippen LogP) is 4.25. The Balaban J connectivity index is 1.27. The smallest absolute Gasteiger partial charge is 0.381 e. The summed E-state index contributed by atoms with van der Waals surface area (Å²) in [6.45, 7) is 1.86. The van der Waals surface area contributed by atoms with Gasteiger partial charge in [0.25, 0.3) is 11.1 Å². The molecule has 1 atom stereocenters. The lowest BCUT2D eigenvalue weighted by molar-refractivity contribution is -0.138. The molecule has 2 N–H and O–H groups in total. The number of hydrogen-bond acceptors (Lipinski definition) is 7. The van der Waals surface area contributed by atoms with Crippen molar-refractivity contribution in [3.05, 3.63) is 74.7 Å². The van der Waals surface area contributed by atoms with Gasteiger partial charge in [-0.2, -0.15) is 18.3 Å². The SMILES string of the molecule is CC(CCCn1cnc2cc(-c3ncc(C4CC4)cn3)c(F)cc2c1=O)Nc1cn[nH]c(=O)c1C(F)(F)F. The average molecular weight is 529 g/mol. The molecule has 1 fully saturated rings. The topological polar surface area (TPSA) is 118 Å². The number of fused-ring (bicyclic) bond motifs is 1. The monoisotopic (exact) mass is 529 g/mol. The van der Waals surface area contributed by atoms with Gasteiger partial charge in [-0.25, -0.2) is 24.4 Å². The van der Waals surface area contributed by atoms with E-state index in [1.54, 1.807) is 24.4 Å². The van der Waals surface area contributed by atoms with Gasteiger partial charge in [0.15, 0.2) is 5.82 Å². The van der Waals surface area contributed by atoms with E-state index >= 15 is 0 Å². The van der Waals surface area contributed by atoms with Gasteiger partial charge in [-0.1, -0.05) is 0 Å². The first-order valence-corrected chi connectivity index (χ1v) is 12.0. The van der Waals surface area contributed by atoms with Gasteiger partial charge in [-0.05, 0) is 56.2 Å². The van der Waals surface area contributed by atoms with Crippen LogP contribution in [0.1, 0.15) is 49.7 Å². The van der Waals surface area contributed by atoms with Crippen molar-refractivity contribution in [3.8, 4) is 11.4 Å². The maximum absolute atomic E-state index is 14.9. The van der Waals surface area contributed by atoms with E-state index in [0.29, 0.717) is 24.3 Å². The Hall–Kier alpha value is -4.16. The lowest BCUT2D eigenvalue weighted by Gasteiger charge is -2.18. The van der Waals surface area contributed by atoms with Crippen molar-refractivity contribution in [1.82, 2.24) is 29.7 Å². The number of nitrogens with one attached hydrogen (secondary N) is 2. The van der Waals surface area contributed by atoms with Gasteiger partial charge < -0.3 is 5.32 Å². The Morgan fingerprint density at radius 2 is 1.87 bits per heavy atom. The van der Waals surface area contributed by atoms with Gasteiger partial charge in [0.1, 0.15) is 11.4 Å². The highest BCUT2D eigenvalue weighted by molar-refractivity contribution is 5.82. The van der Waals surface area contributed by atoms with Crippen LogP contribution in [-0.4, -0.2) is 35.8 Å². The summed E-state index contributed by atoms with van der Waals surface area (Å²) in [5, 5.41) is 7.98. The van der Waals surface area contributed by atoms with Crippen molar-refractivity contribution in [3.63, 3.8) is 0 Å². The minimum atomic E-state index is -4.84. The van der Waals surface area contributed by atoms with Gasteiger partial charge in [0.05, 0.1) is 34.7 Å². The highest BCUT2D eigenvalue weighted by atomic mass is 19.4. The zero-order valence-electron chi connectivity index (χ0n) is 20.2. The summed E-state index contributed by atoms with van der Waals surface area (Å²) in [6.07, 6.45) is 3.79. The second-order valence-electron chi connectivity index (χ2n) is 9.38. The number of hydrogen-bond donors (Lipinski definition) is 2. The van der Waals surface area contributed by atoms with E-state index in [-0.39, 0.29) is 23.3 Å². The van der Waals surface area contributed by atoms with Crippen molar-refractivity contribution in [2.45, 2.75) is 57.3 Å². The summed E-state index contributed by atoms with van der Waals surface area (Å²) in [4.78, 5) is 37.4. The number of H-pyrrole nitrogens is 1. The first-order chi connectivity index (χ1) is 18.1. The van der Waals surface area contributed by atoms with Crippen LogP contribution in [0.2, 0.25) is 0 Å². The standard InChI is InChI=1S/C25H23F4N7O2/c1-13(34-20-11-33-35-23(37)21(20)25(27,28)29)3-2-6-36-12-32-19-8-16(18(26)7-17(19)24(36)38)22-30-9-15(10-31-22)14-4-5-14/h7-14H,2-6H2,1H3,(H2,34,35,37). The number of aromatic amines is 1. The molecule has 198 valence electrons. The molecule has 1 aliphatic carbocycles. The number of halogens is 4. The van der Waals surface area contributed by atoms with Crippen molar-refractivity contribution < 1.29 is 17.6 Å². The van der Waals surface area contributed by atoms with Crippen LogP contribution < -0.4 is 16.4 Å².